The van der Waals surface area contributed by atoms with E-state index in [1.54, 1.807) is 6.20 Å². The number of aryl methyl sites for hydroxylation is 1. The van der Waals surface area contributed by atoms with Gasteiger partial charge in [-0.05, 0) is 60.1 Å². The molecule has 190 valence electrons. The number of hydrogen-bond acceptors (Lipinski definition) is 7. The van der Waals surface area contributed by atoms with Gasteiger partial charge in [0.2, 0.25) is 5.91 Å². The van der Waals surface area contributed by atoms with Crippen molar-refractivity contribution >= 4 is 17.6 Å². The summed E-state index contributed by atoms with van der Waals surface area (Å²) >= 11 is 0. The molecule has 2 aliphatic rings. The number of amides is 2. The van der Waals surface area contributed by atoms with E-state index in [9.17, 15) is 9.59 Å². The van der Waals surface area contributed by atoms with Gasteiger partial charge in [-0.2, -0.15) is 10.2 Å². The van der Waals surface area contributed by atoms with E-state index < -0.39 is 0 Å². The predicted molar refractivity (Wildman–Crippen MR) is 136 cm³/mol. The monoisotopic (exact) mass is 498 g/mol. The second-order valence-electron chi connectivity index (χ2n) is 10.9. The van der Waals surface area contributed by atoms with E-state index in [0.29, 0.717) is 18.1 Å². The van der Waals surface area contributed by atoms with Crippen molar-refractivity contribution in [1.82, 2.24) is 20.4 Å². The lowest BCUT2D eigenvalue weighted by atomic mass is 9.94. The molecular formula is C28H30N6O3. The summed E-state index contributed by atoms with van der Waals surface area (Å²) in [5.41, 5.74) is 3.91. The zero-order valence-electron chi connectivity index (χ0n) is 21.2. The number of hydrogen-bond donors (Lipinski definition) is 2. The van der Waals surface area contributed by atoms with Gasteiger partial charge in [-0.1, -0.05) is 50.5 Å². The maximum atomic E-state index is 12.9. The largest absolute Gasteiger partial charge is 0.341 e. The van der Waals surface area contributed by atoms with Crippen molar-refractivity contribution in [2.24, 2.45) is 11.8 Å². The summed E-state index contributed by atoms with van der Waals surface area (Å²) in [7, 11) is 0. The van der Waals surface area contributed by atoms with Crippen LogP contribution < -0.4 is 10.6 Å². The fourth-order valence-corrected chi connectivity index (χ4v) is 4.68. The predicted octanol–water partition coefficient (Wildman–Crippen LogP) is 4.72. The van der Waals surface area contributed by atoms with Crippen molar-refractivity contribution in [3.63, 3.8) is 0 Å². The molecular weight excluding hydrogens is 468 g/mol. The van der Waals surface area contributed by atoms with Crippen molar-refractivity contribution in [3.05, 3.63) is 59.4 Å². The summed E-state index contributed by atoms with van der Waals surface area (Å²) in [5.74, 6) is -0.0185. The molecule has 2 heterocycles. The van der Waals surface area contributed by atoms with E-state index in [1.807, 2.05) is 39.0 Å². The van der Waals surface area contributed by atoms with Gasteiger partial charge in [-0.3, -0.25) is 9.59 Å². The Balaban J connectivity index is 1.33. The number of nitrogens with zero attached hydrogens (tertiary/aromatic N) is 4. The lowest BCUT2D eigenvalue weighted by Crippen LogP contribution is -2.29. The molecule has 9 nitrogen and oxygen atoms in total. The first-order valence-corrected chi connectivity index (χ1v) is 12.7. The Labute approximate surface area is 215 Å². The highest BCUT2D eigenvalue weighted by molar-refractivity contribution is 5.94. The van der Waals surface area contributed by atoms with Crippen LogP contribution in [0.25, 0.3) is 11.1 Å². The fraction of sp³-hybridized carbons (Fsp3) is 0.429. The number of aromatic nitrogens is 3. The number of anilines is 1. The Kier molecular flexibility index (Phi) is 6.50. The third kappa shape index (κ3) is 5.38. The van der Waals surface area contributed by atoms with Crippen LogP contribution in [-0.2, 0) is 16.6 Å². The zero-order chi connectivity index (χ0) is 26.2. The Morgan fingerprint density at radius 1 is 1.14 bits per heavy atom. The molecule has 2 aliphatic carbocycles. The first-order valence-electron chi connectivity index (χ1n) is 12.7. The molecule has 1 aromatic carbocycles. The van der Waals surface area contributed by atoms with Crippen LogP contribution in [0.2, 0.25) is 0 Å². The molecule has 0 saturated heterocycles. The van der Waals surface area contributed by atoms with Gasteiger partial charge < -0.3 is 15.2 Å². The van der Waals surface area contributed by atoms with Crippen molar-refractivity contribution < 1.29 is 14.1 Å². The lowest BCUT2D eigenvalue weighted by molar-refractivity contribution is -0.117. The molecule has 37 heavy (non-hydrogen) atoms. The molecule has 0 unspecified atom stereocenters. The zero-order valence-corrected chi connectivity index (χ0v) is 21.2. The minimum Gasteiger partial charge on any atom is -0.341 e. The molecule has 0 aliphatic heterocycles. The number of pyridine rings is 1. The minimum absolute atomic E-state index is 0.0222. The van der Waals surface area contributed by atoms with Gasteiger partial charge in [-0.25, -0.2) is 4.98 Å². The number of fused-ring (bicyclic) bond motifs is 1. The molecule has 1 fully saturated rings. The van der Waals surface area contributed by atoms with E-state index in [-0.39, 0.29) is 41.0 Å². The number of nitrogens with one attached hydrogen (secondary N) is 2. The number of carbonyl (C=O) groups is 2. The second kappa shape index (κ2) is 9.77. The van der Waals surface area contributed by atoms with Gasteiger partial charge in [0.25, 0.3) is 0 Å². The molecule has 3 aromatic rings. The summed E-state index contributed by atoms with van der Waals surface area (Å²) < 4.78 is 5.24. The van der Waals surface area contributed by atoms with E-state index in [2.05, 4.69) is 44.0 Å². The summed E-state index contributed by atoms with van der Waals surface area (Å²) in [4.78, 5) is 33.8. The summed E-state index contributed by atoms with van der Waals surface area (Å²) in [6.45, 7) is 5.90. The summed E-state index contributed by atoms with van der Waals surface area (Å²) in [6.07, 6.45) is 6.03. The Morgan fingerprint density at radius 2 is 1.95 bits per heavy atom. The average molecular weight is 499 g/mol. The highest BCUT2D eigenvalue weighted by Crippen LogP contribution is 2.38. The van der Waals surface area contributed by atoms with Gasteiger partial charge in [0.05, 0.1) is 23.9 Å². The van der Waals surface area contributed by atoms with Gasteiger partial charge in [0, 0.05) is 11.6 Å². The normalized spacial score (nSPS) is 20.8. The first-order chi connectivity index (χ1) is 17.7. The third-order valence-electron chi connectivity index (χ3n) is 6.94. The van der Waals surface area contributed by atoms with Crippen LogP contribution in [0.15, 0.2) is 41.1 Å². The molecule has 1 saturated carbocycles. The Morgan fingerprint density at radius 3 is 2.68 bits per heavy atom. The fourth-order valence-electron chi connectivity index (χ4n) is 4.68. The molecule has 5 rings (SSSR count). The average Bonchev–Trinajstić information content (AvgIpc) is 3.55. The number of benzene rings is 1. The van der Waals surface area contributed by atoms with Crippen LogP contribution in [0, 0.1) is 23.2 Å². The molecule has 3 atom stereocenters. The smallest absolute Gasteiger partial charge is 0.315 e. The van der Waals surface area contributed by atoms with Crippen molar-refractivity contribution in [1.29, 1.82) is 5.26 Å². The van der Waals surface area contributed by atoms with E-state index in [1.165, 1.54) is 5.56 Å². The minimum atomic E-state index is -0.367. The number of rotatable bonds is 5. The number of nitriles is 1. The first kappa shape index (κ1) is 24.6. The highest BCUT2D eigenvalue weighted by atomic mass is 16.5. The molecule has 0 radical (unpaired) electrons. The van der Waals surface area contributed by atoms with Crippen LogP contribution >= 0.6 is 0 Å². The summed E-state index contributed by atoms with van der Waals surface area (Å²) in [6, 6.07) is 12.0. The number of carbonyl (C=O) groups excluding carboxylic acids is 2. The summed E-state index contributed by atoms with van der Waals surface area (Å²) in [5, 5.41) is 18.9. The van der Waals surface area contributed by atoms with E-state index in [0.717, 1.165) is 42.4 Å². The SMILES string of the molecule is CC(C)(C)c1noc(C(=O)N[C@H]2CCCCc3cc(-c4ccnc(NC(=O)[C@H]5C[C@H]5C#N)c4)ccc32)n1. The molecule has 9 heteroatoms. The van der Waals surface area contributed by atoms with Crippen LogP contribution in [0.5, 0.6) is 0 Å². The topological polar surface area (TPSA) is 134 Å². The molecule has 2 aromatic heterocycles. The maximum absolute atomic E-state index is 12.9. The van der Waals surface area contributed by atoms with Crippen molar-refractivity contribution in [2.75, 3.05) is 5.32 Å². The van der Waals surface area contributed by atoms with Crippen LogP contribution in [0.1, 0.15) is 80.1 Å². The molecule has 0 spiro atoms. The Hall–Kier alpha value is -4.06. The quantitative estimate of drug-likeness (QED) is 0.486. The van der Waals surface area contributed by atoms with E-state index >= 15 is 0 Å². The lowest BCUT2D eigenvalue weighted by Gasteiger charge is -2.19. The van der Waals surface area contributed by atoms with Gasteiger partial charge in [-0.15, -0.1) is 0 Å². The van der Waals surface area contributed by atoms with Gasteiger partial charge >= 0.3 is 11.8 Å². The standard InChI is InChI=1S/C28H30N6O3/c1-28(2,3)27-33-26(37-34-27)25(36)31-22-7-5-4-6-18-12-16(8-9-20(18)22)17-10-11-30-23(14-17)32-24(35)21-13-19(21)15-29/h8-12,14,19,21-22H,4-7,13H2,1-3H3,(H,31,36)(H,30,32,35)/t19-,21-,22-/m0/s1. The van der Waals surface area contributed by atoms with E-state index in [4.69, 9.17) is 9.78 Å². The van der Waals surface area contributed by atoms with Gasteiger partial charge in [0.15, 0.2) is 5.82 Å². The Bertz CT molecular complexity index is 1380. The maximum Gasteiger partial charge on any atom is 0.315 e. The van der Waals surface area contributed by atoms with Crippen LogP contribution in [0.4, 0.5) is 5.82 Å². The molecule has 2 N–H and O–H groups in total. The second-order valence-corrected chi connectivity index (χ2v) is 10.9. The van der Waals surface area contributed by atoms with Crippen LogP contribution in [0.3, 0.4) is 0 Å². The third-order valence-corrected chi connectivity index (χ3v) is 6.94. The van der Waals surface area contributed by atoms with Crippen molar-refractivity contribution in [3.8, 4) is 17.2 Å². The van der Waals surface area contributed by atoms with Gasteiger partial charge in [0.1, 0.15) is 5.82 Å². The molecule has 0 bridgehead atoms. The van der Waals surface area contributed by atoms with Crippen molar-refractivity contribution in [2.45, 2.75) is 64.3 Å². The highest BCUT2D eigenvalue weighted by Gasteiger charge is 2.43. The molecule has 2 amide bonds. The van der Waals surface area contributed by atoms with Crippen LogP contribution in [-0.4, -0.2) is 26.9 Å².